The fourth-order valence-corrected chi connectivity index (χ4v) is 3.86. The number of rotatable bonds is 2. The van der Waals surface area contributed by atoms with Gasteiger partial charge in [0.2, 0.25) is 0 Å². The molecule has 0 saturated heterocycles. The minimum Gasteiger partial charge on any atom is -1.00 e. The number of carbonyl (C=O) groups is 1. The number of carbonyl (C=O) groups excluding carboxylic acids is 1. The number of aromatic nitrogens is 2. The molecule has 4 rings (SSSR count). The summed E-state index contributed by atoms with van der Waals surface area (Å²) < 4.78 is 0. The van der Waals surface area contributed by atoms with Crippen molar-refractivity contribution < 1.29 is 22.1 Å². The Kier molecular flexibility index (Phi) is 4.70. The smallest absolute Gasteiger partial charge is 0.173 e. The van der Waals surface area contributed by atoms with Gasteiger partial charge in [-0.1, -0.05) is 6.07 Å². The van der Waals surface area contributed by atoms with E-state index in [1.807, 2.05) is 12.3 Å². The number of hydrogen-bond donors (Lipinski definition) is 1. The quantitative estimate of drug-likeness (QED) is 0.695. The van der Waals surface area contributed by atoms with Crippen molar-refractivity contribution in [3.8, 4) is 11.4 Å². The molecule has 0 spiro atoms. The molecule has 5 heteroatoms. The van der Waals surface area contributed by atoms with E-state index in [9.17, 15) is 4.79 Å². The average molecular weight is 344 g/mol. The second-order valence-corrected chi connectivity index (χ2v) is 7.01. The van der Waals surface area contributed by atoms with Crippen LogP contribution in [0, 0.1) is 5.92 Å². The maximum Gasteiger partial charge on any atom is 0.173 e. The Balaban J connectivity index is 0.00000169. The van der Waals surface area contributed by atoms with Crippen LogP contribution in [0.4, 0.5) is 0 Å². The standard InChI is InChI=1S/C19H21N3O.ClH/c1-22(2)11-14-7-8-16-15(19(14)23)10-13-6-5-12-4-3-9-20-17(12)18(13)21-16;/h3-4,9-10,14H,5-8,11H2,1-2H3;1H. The highest BCUT2D eigenvalue weighted by molar-refractivity contribution is 6.00. The second-order valence-electron chi connectivity index (χ2n) is 7.01. The largest absolute Gasteiger partial charge is 1.00 e. The number of quaternary nitrogens is 1. The van der Waals surface area contributed by atoms with Crippen molar-refractivity contribution in [2.24, 2.45) is 5.92 Å². The zero-order valence-corrected chi connectivity index (χ0v) is 14.9. The summed E-state index contributed by atoms with van der Waals surface area (Å²) in [5.41, 5.74) is 6.28. The topological polar surface area (TPSA) is 47.3 Å². The van der Waals surface area contributed by atoms with Gasteiger partial charge in [0.25, 0.3) is 0 Å². The lowest BCUT2D eigenvalue weighted by atomic mass is 9.82. The van der Waals surface area contributed by atoms with Crippen LogP contribution in [0.3, 0.4) is 0 Å². The van der Waals surface area contributed by atoms with Crippen molar-refractivity contribution >= 4 is 5.78 Å². The van der Waals surface area contributed by atoms with Crippen LogP contribution in [0.5, 0.6) is 0 Å². The van der Waals surface area contributed by atoms with Gasteiger partial charge >= 0.3 is 0 Å². The molecule has 4 nitrogen and oxygen atoms in total. The van der Waals surface area contributed by atoms with Gasteiger partial charge in [-0.25, -0.2) is 0 Å². The minimum atomic E-state index is 0. The summed E-state index contributed by atoms with van der Waals surface area (Å²) >= 11 is 0. The molecule has 0 fully saturated rings. The molecule has 24 heavy (non-hydrogen) atoms. The first-order valence-electron chi connectivity index (χ1n) is 8.44. The molecule has 2 aliphatic rings. The predicted octanol–water partition coefficient (Wildman–Crippen LogP) is -1.86. The highest BCUT2D eigenvalue weighted by atomic mass is 35.5. The predicted molar refractivity (Wildman–Crippen MR) is 88.7 cm³/mol. The van der Waals surface area contributed by atoms with E-state index >= 15 is 0 Å². The maximum absolute atomic E-state index is 12.8. The molecule has 1 N–H and O–H groups in total. The van der Waals surface area contributed by atoms with Gasteiger partial charge in [0.15, 0.2) is 5.78 Å². The summed E-state index contributed by atoms with van der Waals surface area (Å²) in [5.74, 6) is 0.427. The third-order valence-corrected chi connectivity index (χ3v) is 4.98. The highest BCUT2D eigenvalue weighted by Crippen LogP contribution is 2.34. The third-order valence-electron chi connectivity index (χ3n) is 4.98. The Labute approximate surface area is 148 Å². The Morgan fingerprint density at radius 2 is 1.96 bits per heavy atom. The number of fused-ring (bicyclic) bond motifs is 4. The molecule has 0 bridgehead atoms. The molecule has 2 aliphatic carbocycles. The normalized spacial score (nSPS) is 18.5. The van der Waals surface area contributed by atoms with Crippen LogP contribution < -0.4 is 17.3 Å². The van der Waals surface area contributed by atoms with E-state index in [2.05, 4.69) is 31.2 Å². The summed E-state index contributed by atoms with van der Waals surface area (Å²) in [6, 6.07) is 6.22. The summed E-state index contributed by atoms with van der Waals surface area (Å²) in [4.78, 5) is 23.5. The molecular weight excluding hydrogens is 322 g/mol. The van der Waals surface area contributed by atoms with Gasteiger partial charge in [-0.2, -0.15) is 0 Å². The van der Waals surface area contributed by atoms with E-state index in [0.717, 1.165) is 54.9 Å². The number of aryl methyl sites for hydroxylation is 3. The van der Waals surface area contributed by atoms with Crippen molar-refractivity contribution in [3.63, 3.8) is 0 Å². The van der Waals surface area contributed by atoms with E-state index in [4.69, 9.17) is 4.98 Å². The first kappa shape index (κ1) is 17.1. The molecule has 2 heterocycles. The molecular formula is C19H22ClN3O. The maximum atomic E-state index is 12.8. The fraction of sp³-hybridized carbons (Fsp3) is 0.421. The molecule has 0 radical (unpaired) electrons. The van der Waals surface area contributed by atoms with Gasteiger partial charge in [-0.3, -0.25) is 14.8 Å². The van der Waals surface area contributed by atoms with Crippen molar-refractivity contribution in [1.82, 2.24) is 9.97 Å². The van der Waals surface area contributed by atoms with Crippen LogP contribution in [0.1, 0.15) is 33.6 Å². The fourth-order valence-electron chi connectivity index (χ4n) is 3.86. The number of halogens is 1. The Morgan fingerprint density at radius 3 is 2.75 bits per heavy atom. The lowest BCUT2D eigenvalue weighted by Gasteiger charge is -2.26. The van der Waals surface area contributed by atoms with Crippen LogP contribution in [0.25, 0.3) is 11.4 Å². The zero-order valence-electron chi connectivity index (χ0n) is 14.1. The van der Waals surface area contributed by atoms with E-state index < -0.39 is 0 Å². The lowest BCUT2D eigenvalue weighted by molar-refractivity contribution is -0.860. The van der Waals surface area contributed by atoms with E-state index in [0.29, 0.717) is 0 Å². The highest BCUT2D eigenvalue weighted by Gasteiger charge is 2.32. The summed E-state index contributed by atoms with van der Waals surface area (Å²) in [7, 11) is 4.22. The number of hydrogen-bond acceptors (Lipinski definition) is 3. The van der Waals surface area contributed by atoms with Crippen molar-refractivity contribution in [3.05, 3.63) is 46.8 Å². The number of pyridine rings is 2. The second kappa shape index (κ2) is 6.61. The summed E-state index contributed by atoms with van der Waals surface area (Å²) in [6.07, 6.45) is 5.57. The number of nitrogens with zero attached hydrogens (tertiary/aromatic N) is 2. The van der Waals surface area contributed by atoms with Gasteiger partial charge in [0.05, 0.1) is 43.6 Å². The van der Waals surface area contributed by atoms with Gasteiger partial charge in [-0.05, 0) is 48.9 Å². The Bertz CT molecular complexity index is 788. The number of nitrogens with one attached hydrogen (secondary N) is 1. The zero-order chi connectivity index (χ0) is 16.0. The van der Waals surface area contributed by atoms with Gasteiger partial charge in [0, 0.05) is 11.8 Å². The van der Waals surface area contributed by atoms with Crippen LogP contribution >= 0.6 is 0 Å². The van der Waals surface area contributed by atoms with E-state index in [1.54, 1.807) is 0 Å². The van der Waals surface area contributed by atoms with Crippen LogP contribution in [0.2, 0.25) is 0 Å². The Morgan fingerprint density at radius 1 is 1.17 bits per heavy atom. The van der Waals surface area contributed by atoms with Crippen molar-refractivity contribution in [2.75, 3.05) is 20.6 Å². The van der Waals surface area contributed by atoms with Gasteiger partial charge in [0.1, 0.15) is 0 Å². The molecule has 2 aromatic rings. The van der Waals surface area contributed by atoms with Gasteiger partial charge < -0.3 is 17.3 Å². The molecule has 0 amide bonds. The third kappa shape index (κ3) is 2.85. The van der Waals surface area contributed by atoms with Gasteiger partial charge in [-0.15, -0.1) is 0 Å². The van der Waals surface area contributed by atoms with Crippen molar-refractivity contribution in [1.29, 1.82) is 0 Å². The van der Waals surface area contributed by atoms with E-state index in [-0.39, 0.29) is 24.1 Å². The summed E-state index contributed by atoms with van der Waals surface area (Å²) in [6.45, 7) is 0.903. The molecule has 0 aliphatic heterocycles. The molecule has 1 unspecified atom stereocenters. The molecule has 2 aromatic heterocycles. The van der Waals surface area contributed by atoms with E-state index in [1.165, 1.54) is 16.0 Å². The molecule has 1 atom stereocenters. The van der Waals surface area contributed by atoms with Crippen LogP contribution in [-0.4, -0.2) is 36.4 Å². The summed E-state index contributed by atoms with van der Waals surface area (Å²) in [5, 5.41) is 0. The SMILES string of the molecule is C[NH+](C)CC1CCc2nc3c(cc2C1=O)CCc1cccnc1-3.[Cl-]. The monoisotopic (exact) mass is 343 g/mol. The van der Waals surface area contributed by atoms with Crippen LogP contribution in [0.15, 0.2) is 24.4 Å². The van der Waals surface area contributed by atoms with Crippen molar-refractivity contribution in [2.45, 2.75) is 25.7 Å². The lowest BCUT2D eigenvalue weighted by Crippen LogP contribution is -3.06. The minimum absolute atomic E-state index is 0. The Hall–Kier alpha value is -1.78. The average Bonchev–Trinajstić information content (AvgIpc) is 2.56. The molecule has 0 aromatic carbocycles. The van der Waals surface area contributed by atoms with Crippen LogP contribution in [-0.2, 0) is 19.3 Å². The number of ketones is 1. The first-order chi connectivity index (χ1) is 11.1. The molecule has 0 saturated carbocycles. The first-order valence-corrected chi connectivity index (χ1v) is 8.44. The molecule has 126 valence electrons. The number of Topliss-reactive ketones (excluding diaryl/α,β-unsaturated/α-hetero) is 1.